The number of fused-ring (bicyclic) bond motifs is 1. The maximum atomic E-state index is 12.3. The Morgan fingerprint density at radius 3 is 3.04 bits per heavy atom. The third kappa shape index (κ3) is 4.07. The molecule has 1 aromatic carbocycles. The number of amides is 1. The Balaban J connectivity index is 1.76. The van der Waals surface area contributed by atoms with E-state index in [0.717, 1.165) is 25.8 Å². The van der Waals surface area contributed by atoms with Crippen molar-refractivity contribution in [3.8, 4) is 0 Å². The molecule has 0 aliphatic carbocycles. The summed E-state index contributed by atoms with van der Waals surface area (Å²) >= 11 is 6.08. The molecule has 0 saturated carbocycles. The van der Waals surface area contributed by atoms with Gasteiger partial charge in [0.15, 0.2) is 5.58 Å². The Kier molecular flexibility index (Phi) is 5.49. The number of halogens is 1. The van der Waals surface area contributed by atoms with Crippen LogP contribution in [-0.2, 0) is 4.79 Å². The van der Waals surface area contributed by atoms with Crippen molar-refractivity contribution in [3.05, 3.63) is 33.8 Å². The maximum Gasteiger partial charge on any atom is 0.420 e. The van der Waals surface area contributed by atoms with Gasteiger partial charge in [0.05, 0.1) is 18.1 Å². The van der Waals surface area contributed by atoms with Crippen LogP contribution in [0.1, 0.15) is 39.2 Å². The van der Waals surface area contributed by atoms with Crippen LogP contribution in [0.15, 0.2) is 27.4 Å². The molecule has 0 bridgehead atoms. The normalized spacial score (nSPS) is 19.9. The minimum atomic E-state index is -0.367. The fourth-order valence-electron chi connectivity index (χ4n) is 3.36. The molecule has 1 aliphatic rings. The Hall–Kier alpha value is -1.79. The highest BCUT2D eigenvalue weighted by molar-refractivity contribution is 6.31. The summed E-state index contributed by atoms with van der Waals surface area (Å²) in [5.74, 6) is -0.337. The summed E-state index contributed by atoms with van der Waals surface area (Å²) in [4.78, 5) is 26.6. The van der Waals surface area contributed by atoms with Gasteiger partial charge >= 0.3 is 5.76 Å². The van der Waals surface area contributed by atoms with Crippen molar-refractivity contribution in [2.45, 2.75) is 45.2 Å². The summed E-state index contributed by atoms with van der Waals surface area (Å²) in [5, 5.41) is 3.56. The average Bonchev–Trinajstić information content (AvgIpc) is 2.89. The van der Waals surface area contributed by atoms with Crippen LogP contribution in [0.5, 0.6) is 0 Å². The number of carbonyl (C=O) groups excluding carboxylic acids is 1. The van der Waals surface area contributed by atoms with Crippen LogP contribution in [0.2, 0.25) is 5.02 Å². The van der Waals surface area contributed by atoms with E-state index in [-0.39, 0.29) is 23.7 Å². The van der Waals surface area contributed by atoms with Crippen LogP contribution in [0.25, 0.3) is 11.1 Å². The van der Waals surface area contributed by atoms with E-state index >= 15 is 0 Å². The van der Waals surface area contributed by atoms with Crippen LogP contribution in [-0.4, -0.2) is 41.1 Å². The molecule has 1 aliphatic heterocycles. The number of piperidine rings is 1. The molecule has 7 heteroatoms. The summed E-state index contributed by atoms with van der Waals surface area (Å²) in [5.41, 5.74) is 1.26. The van der Waals surface area contributed by atoms with E-state index in [2.05, 4.69) is 10.2 Å². The van der Waals surface area contributed by atoms with Crippen LogP contribution < -0.4 is 11.1 Å². The third-order valence-corrected chi connectivity index (χ3v) is 5.04. The number of oxazole rings is 1. The number of likely N-dealkylation sites (tertiary alicyclic amines) is 1. The predicted molar refractivity (Wildman–Crippen MR) is 98.1 cm³/mol. The molecule has 25 heavy (non-hydrogen) atoms. The molecule has 1 N–H and O–H groups in total. The second-order valence-electron chi connectivity index (χ2n) is 6.76. The van der Waals surface area contributed by atoms with Gasteiger partial charge in [-0.25, -0.2) is 4.79 Å². The highest BCUT2D eigenvalue weighted by Crippen LogP contribution is 2.26. The van der Waals surface area contributed by atoms with E-state index in [4.69, 9.17) is 16.0 Å². The Morgan fingerprint density at radius 2 is 2.28 bits per heavy atom. The largest absolute Gasteiger partial charge is 0.420 e. The van der Waals surface area contributed by atoms with Crippen LogP contribution in [0.4, 0.5) is 0 Å². The highest BCUT2D eigenvalue weighted by atomic mass is 35.5. The van der Waals surface area contributed by atoms with Gasteiger partial charge in [-0.15, -0.1) is 0 Å². The van der Waals surface area contributed by atoms with Crippen molar-refractivity contribution in [2.75, 3.05) is 19.6 Å². The van der Waals surface area contributed by atoms with Gasteiger partial charge in [0.2, 0.25) is 5.91 Å². The molecular formula is C18H24ClN3O3. The molecule has 6 nitrogen and oxygen atoms in total. The number of carbonyl (C=O) groups is 1. The minimum Gasteiger partial charge on any atom is -0.408 e. The number of nitrogens with one attached hydrogen (secondary N) is 1. The number of hydrogen-bond donors (Lipinski definition) is 1. The lowest BCUT2D eigenvalue weighted by Gasteiger charge is -2.32. The summed E-state index contributed by atoms with van der Waals surface area (Å²) in [6, 6.07) is 5.35. The lowest BCUT2D eigenvalue weighted by molar-refractivity contribution is -0.123. The first-order valence-corrected chi connectivity index (χ1v) is 9.18. The molecule has 2 heterocycles. The summed E-state index contributed by atoms with van der Waals surface area (Å²) in [6.07, 6.45) is 2.72. The molecule has 2 aromatic rings. The van der Waals surface area contributed by atoms with Crippen molar-refractivity contribution < 1.29 is 9.21 Å². The fourth-order valence-corrected chi connectivity index (χ4v) is 3.53. The van der Waals surface area contributed by atoms with Crippen molar-refractivity contribution in [1.82, 2.24) is 14.8 Å². The standard InChI is InChI=1S/C18H24ClN3O3/c1-3-12(2)20-17(23)11-21-8-4-5-14(10-21)22-15-9-13(19)6-7-16(15)25-18(22)24/h6-7,9,12,14H,3-5,8,10-11H2,1-2H3,(H,20,23)/t12-,14-/m1/s1. The minimum absolute atomic E-state index is 0.0163. The summed E-state index contributed by atoms with van der Waals surface area (Å²) < 4.78 is 7.02. The van der Waals surface area contributed by atoms with Gasteiger partial charge in [-0.2, -0.15) is 0 Å². The molecule has 0 unspecified atom stereocenters. The molecule has 1 saturated heterocycles. The number of rotatable bonds is 5. The number of aromatic nitrogens is 1. The number of nitrogens with zero attached hydrogens (tertiary/aromatic N) is 2. The molecule has 136 valence electrons. The van der Waals surface area contributed by atoms with Crippen molar-refractivity contribution in [2.24, 2.45) is 0 Å². The molecule has 2 atom stereocenters. The van der Waals surface area contributed by atoms with Gasteiger partial charge in [0.1, 0.15) is 0 Å². The first-order chi connectivity index (χ1) is 12.0. The smallest absolute Gasteiger partial charge is 0.408 e. The topological polar surface area (TPSA) is 67.5 Å². The van der Waals surface area contributed by atoms with Gasteiger partial charge in [0, 0.05) is 17.6 Å². The molecule has 0 spiro atoms. The lowest BCUT2D eigenvalue weighted by Crippen LogP contribution is -2.45. The number of benzene rings is 1. The first kappa shape index (κ1) is 18.0. The van der Waals surface area contributed by atoms with Crippen LogP contribution >= 0.6 is 11.6 Å². The fraction of sp³-hybridized carbons (Fsp3) is 0.556. The maximum absolute atomic E-state index is 12.3. The molecular weight excluding hydrogens is 342 g/mol. The van der Waals surface area contributed by atoms with Gasteiger partial charge in [-0.3, -0.25) is 14.3 Å². The van der Waals surface area contributed by atoms with Crippen molar-refractivity contribution in [3.63, 3.8) is 0 Å². The zero-order valence-electron chi connectivity index (χ0n) is 14.6. The zero-order chi connectivity index (χ0) is 18.0. The van der Waals surface area contributed by atoms with E-state index < -0.39 is 0 Å². The molecule has 1 amide bonds. The summed E-state index contributed by atoms with van der Waals surface area (Å²) in [6.45, 7) is 5.90. The third-order valence-electron chi connectivity index (χ3n) is 4.81. The van der Waals surface area contributed by atoms with E-state index in [1.165, 1.54) is 0 Å². The van der Waals surface area contributed by atoms with E-state index in [9.17, 15) is 9.59 Å². The second-order valence-corrected chi connectivity index (χ2v) is 7.19. The molecule has 3 rings (SSSR count). The van der Waals surface area contributed by atoms with Crippen molar-refractivity contribution in [1.29, 1.82) is 0 Å². The van der Waals surface area contributed by atoms with Crippen LogP contribution in [0.3, 0.4) is 0 Å². The van der Waals surface area contributed by atoms with Crippen molar-refractivity contribution >= 4 is 28.6 Å². The Morgan fingerprint density at radius 1 is 1.48 bits per heavy atom. The van der Waals surface area contributed by atoms with Crippen LogP contribution in [0, 0.1) is 0 Å². The predicted octanol–water partition coefficient (Wildman–Crippen LogP) is 2.80. The van der Waals surface area contributed by atoms with E-state index in [1.807, 2.05) is 13.8 Å². The molecule has 0 radical (unpaired) electrons. The zero-order valence-corrected chi connectivity index (χ0v) is 15.4. The van der Waals surface area contributed by atoms with Gasteiger partial charge < -0.3 is 9.73 Å². The summed E-state index contributed by atoms with van der Waals surface area (Å²) in [7, 11) is 0. The van der Waals surface area contributed by atoms with E-state index in [1.54, 1.807) is 22.8 Å². The lowest BCUT2D eigenvalue weighted by atomic mass is 10.1. The molecule has 1 fully saturated rings. The van der Waals surface area contributed by atoms with E-state index in [0.29, 0.717) is 29.2 Å². The number of hydrogen-bond acceptors (Lipinski definition) is 4. The second kappa shape index (κ2) is 7.62. The average molecular weight is 366 g/mol. The quantitative estimate of drug-likeness (QED) is 0.884. The Labute approximate surface area is 151 Å². The SMILES string of the molecule is CC[C@@H](C)NC(=O)CN1CCC[C@@H](n2c(=O)oc3ccc(Cl)cc32)C1. The monoisotopic (exact) mass is 365 g/mol. The molecule has 1 aromatic heterocycles. The van der Waals surface area contributed by atoms with Gasteiger partial charge in [-0.1, -0.05) is 18.5 Å². The van der Waals surface area contributed by atoms with Gasteiger partial charge in [0.25, 0.3) is 0 Å². The van der Waals surface area contributed by atoms with Gasteiger partial charge in [-0.05, 0) is 50.9 Å². The highest BCUT2D eigenvalue weighted by Gasteiger charge is 2.26. The Bertz CT molecular complexity index is 813. The first-order valence-electron chi connectivity index (χ1n) is 8.80.